The quantitative estimate of drug-likeness (QED) is 0.0167. The van der Waals surface area contributed by atoms with Crippen LogP contribution < -0.4 is 0 Å². The van der Waals surface area contributed by atoms with Gasteiger partial charge in [0.15, 0.2) is 0 Å². The smallest absolute Gasteiger partial charge is 0.457 e. The van der Waals surface area contributed by atoms with E-state index in [9.17, 15) is 39.8 Å². The van der Waals surface area contributed by atoms with Crippen molar-refractivity contribution in [1.29, 1.82) is 0 Å². The van der Waals surface area contributed by atoms with Crippen molar-refractivity contribution in [2.45, 2.75) is 211 Å². The summed E-state index contributed by atoms with van der Waals surface area (Å²) in [6.07, 6.45) is 18.6. The fraction of sp³-hybridized carbons (Fsp3) is 0.923. The summed E-state index contributed by atoms with van der Waals surface area (Å²) >= 11 is 0. The third-order valence-electron chi connectivity index (χ3n) is 9.64. The van der Waals surface area contributed by atoms with E-state index in [4.69, 9.17) is 18.5 Å². The number of esters is 1. The van der Waals surface area contributed by atoms with E-state index in [0.717, 1.165) is 57.8 Å². The number of carbonyl (C=O) groups is 1. The van der Waals surface area contributed by atoms with E-state index in [2.05, 4.69) is 26.0 Å². The predicted molar refractivity (Wildman–Crippen MR) is 203 cm³/mol. The topological polar surface area (TPSA) is 192 Å². The van der Waals surface area contributed by atoms with E-state index < -0.39 is 63.1 Å². The first kappa shape index (κ1) is 49.1. The van der Waals surface area contributed by atoms with Crippen LogP contribution in [0, 0.1) is 0 Å². The molecule has 6 N–H and O–H groups in total. The molecule has 0 aromatic carbocycles. The van der Waals surface area contributed by atoms with Crippen molar-refractivity contribution in [3.8, 4) is 0 Å². The molecule has 0 aromatic rings. The zero-order valence-electron chi connectivity index (χ0n) is 32.4. The summed E-state index contributed by atoms with van der Waals surface area (Å²) in [5, 5.41) is 50.0. The lowest BCUT2D eigenvalue weighted by Gasteiger charge is -2.41. The Labute approximate surface area is 314 Å². The van der Waals surface area contributed by atoms with Gasteiger partial charge < -0.3 is 39.9 Å². The SMILES string of the molecule is CCCC/C=C\CCCCCCCC(=O)OC(COCCCCCCCCCCCCCCCC)COP(=O)(O)OC1C(O)C(O)C(O)C(O)C1O. The second kappa shape index (κ2) is 31.3. The Kier molecular flexibility index (Phi) is 29.6. The van der Waals surface area contributed by atoms with Gasteiger partial charge in [-0.3, -0.25) is 13.8 Å². The van der Waals surface area contributed by atoms with Gasteiger partial charge in [0.1, 0.15) is 42.7 Å². The summed E-state index contributed by atoms with van der Waals surface area (Å²) in [6, 6.07) is 0. The van der Waals surface area contributed by atoms with E-state index in [1.54, 1.807) is 0 Å². The highest BCUT2D eigenvalue weighted by Crippen LogP contribution is 2.47. The maximum absolute atomic E-state index is 12.7. The van der Waals surface area contributed by atoms with Crippen molar-refractivity contribution < 1.29 is 58.3 Å². The first-order valence-electron chi connectivity index (χ1n) is 20.5. The highest BCUT2D eigenvalue weighted by atomic mass is 31.2. The van der Waals surface area contributed by atoms with Gasteiger partial charge in [-0.1, -0.05) is 142 Å². The van der Waals surface area contributed by atoms with Gasteiger partial charge in [-0.05, 0) is 32.1 Å². The summed E-state index contributed by atoms with van der Waals surface area (Å²) in [4.78, 5) is 23.0. The second-order valence-corrected chi connectivity index (χ2v) is 15.9. The normalized spacial score (nSPS) is 23.9. The average Bonchev–Trinajstić information content (AvgIpc) is 3.12. The molecule has 0 aromatic heterocycles. The number of rotatable bonds is 34. The Morgan fingerprint density at radius 3 is 1.58 bits per heavy atom. The lowest BCUT2D eigenvalue weighted by atomic mass is 9.85. The summed E-state index contributed by atoms with van der Waals surface area (Å²) in [6.45, 7) is 4.20. The molecular weight excluding hydrogens is 691 g/mol. The number of hydrogen-bond acceptors (Lipinski definition) is 11. The number of aliphatic hydroxyl groups excluding tert-OH is 5. The number of allylic oxidation sites excluding steroid dienone is 2. The molecule has 52 heavy (non-hydrogen) atoms. The van der Waals surface area contributed by atoms with Crippen LogP contribution in [-0.2, 0) is 27.9 Å². The number of hydrogen-bond donors (Lipinski definition) is 6. The van der Waals surface area contributed by atoms with Crippen LogP contribution in [0.2, 0.25) is 0 Å². The van der Waals surface area contributed by atoms with Crippen molar-refractivity contribution in [3.63, 3.8) is 0 Å². The number of ether oxygens (including phenoxy) is 2. The second-order valence-electron chi connectivity index (χ2n) is 14.5. The minimum Gasteiger partial charge on any atom is -0.457 e. The van der Waals surface area contributed by atoms with Crippen LogP contribution in [0.5, 0.6) is 0 Å². The predicted octanol–water partition coefficient (Wildman–Crippen LogP) is 7.19. The number of phosphoric ester groups is 1. The summed E-state index contributed by atoms with van der Waals surface area (Å²) in [5.41, 5.74) is 0. The standard InChI is InChI=1S/C39H75O12P/c1-3-5-7-9-11-13-15-16-17-19-21-23-25-27-29-48-30-32(50-33(40)28-26-24-22-20-18-14-12-10-8-6-4-2)31-49-52(46,47)51-39-37(44)35(42)34(41)36(43)38(39)45/h10,12,32,34-39,41-45H,3-9,11,13-31H2,1-2H3,(H,46,47)/b12-10-. The van der Waals surface area contributed by atoms with Gasteiger partial charge in [-0.2, -0.15) is 0 Å². The monoisotopic (exact) mass is 766 g/mol. The van der Waals surface area contributed by atoms with Gasteiger partial charge in [-0.15, -0.1) is 0 Å². The molecule has 0 spiro atoms. The molecule has 1 aliphatic rings. The first-order chi connectivity index (χ1) is 25.0. The van der Waals surface area contributed by atoms with Gasteiger partial charge in [0.05, 0.1) is 13.2 Å². The largest absolute Gasteiger partial charge is 0.472 e. The Morgan fingerprint density at radius 2 is 1.04 bits per heavy atom. The molecule has 308 valence electrons. The fourth-order valence-electron chi connectivity index (χ4n) is 6.28. The highest BCUT2D eigenvalue weighted by molar-refractivity contribution is 7.47. The van der Waals surface area contributed by atoms with E-state index in [0.29, 0.717) is 13.0 Å². The Morgan fingerprint density at radius 1 is 0.596 bits per heavy atom. The Bertz CT molecular complexity index is 921. The van der Waals surface area contributed by atoms with E-state index in [-0.39, 0.29) is 13.0 Å². The molecule has 0 saturated heterocycles. The third kappa shape index (κ3) is 23.8. The Balaban J connectivity index is 2.44. The molecule has 0 heterocycles. The maximum atomic E-state index is 12.7. The fourth-order valence-corrected chi connectivity index (χ4v) is 7.25. The van der Waals surface area contributed by atoms with Crippen LogP contribution in [0.1, 0.15) is 168 Å². The van der Waals surface area contributed by atoms with Crippen molar-refractivity contribution in [3.05, 3.63) is 12.2 Å². The lowest BCUT2D eigenvalue weighted by molar-refractivity contribution is -0.220. The molecule has 1 saturated carbocycles. The number of unbranched alkanes of at least 4 members (excludes halogenated alkanes) is 20. The number of phosphoric acid groups is 1. The molecule has 12 nitrogen and oxygen atoms in total. The lowest BCUT2D eigenvalue weighted by Crippen LogP contribution is -2.64. The van der Waals surface area contributed by atoms with Crippen LogP contribution in [0.3, 0.4) is 0 Å². The molecule has 1 rings (SSSR count). The van der Waals surface area contributed by atoms with Crippen LogP contribution >= 0.6 is 7.82 Å². The van der Waals surface area contributed by atoms with Crippen LogP contribution in [0.25, 0.3) is 0 Å². The first-order valence-corrected chi connectivity index (χ1v) is 22.0. The zero-order chi connectivity index (χ0) is 38.5. The molecule has 6 unspecified atom stereocenters. The van der Waals surface area contributed by atoms with Crippen molar-refractivity contribution in [2.24, 2.45) is 0 Å². The molecular formula is C39H75O12P. The molecule has 0 bridgehead atoms. The van der Waals surface area contributed by atoms with Gasteiger partial charge in [0.25, 0.3) is 0 Å². The minimum atomic E-state index is -5.01. The van der Waals surface area contributed by atoms with Gasteiger partial charge in [-0.25, -0.2) is 4.57 Å². The molecule has 13 heteroatoms. The number of aliphatic hydroxyl groups is 5. The minimum absolute atomic E-state index is 0.0751. The van der Waals surface area contributed by atoms with Crippen LogP contribution in [0.15, 0.2) is 12.2 Å². The summed E-state index contributed by atoms with van der Waals surface area (Å²) in [5.74, 6) is -0.486. The molecule has 1 aliphatic carbocycles. The Hall–Kier alpha value is -0.920. The van der Waals surface area contributed by atoms with Crippen LogP contribution in [0.4, 0.5) is 0 Å². The van der Waals surface area contributed by atoms with Crippen LogP contribution in [-0.4, -0.2) is 98.9 Å². The van der Waals surface area contributed by atoms with Gasteiger partial charge in [0.2, 0.25) is 0 Å². The average molecular weight is 767 g/mol. The molecule has 1 fully saturated rings. The molecule has 6 atom stereocenters. The van der Waals surface area contributed by atoms with Crippen molar-refractivity contribution in [2.75, 3.05) is 19.8 Å². The van der Waals surface area contributed by atoms with E-state index >= 15 is 0 Å². The van der Waals surface area contributed by atoms with Gasteiger partial charge >= 0.3 is 13.8 Å². The summed E-state index contributed by atoms with van der Waals surface area (Å²) in [7, 11) is -5.01. The van der Waals surface area contributed by atoms with Crippen molar-refractivity contribution >= 4 is 13.8 Å². The van der Waals surface area contributed by atoms with E-state index in [1.165, 1.54) is 83.5 Å². The van der Waals surface area contributed by atoms with E-state index in [1.807, 2.05) is 0 Å². The maximum Gasteiger partial charge on any atom is 0.472 e. The molecule has 0 aliphatic heterocycles. The van der Waals surface area contributed by atoms with Crippen molar-refractivity contribution in [1.82, 2.24) is 0 Å². The highest BCUT2D eigenvalue weighted by Gasteiger charge is 2.51. The zero-order valence-corrected chi connectivity index (χ0v) is 33.3. The number of carbonyl (C=O) groups excluding carboxylic acids is 1. The van der Waals surface area contributed by atoms with Gasteiger partial charge in [0, 0.05) is 13.0 Å². The third-order valence-corrected chi connectivity index (χ3v) is 10.6. The molecule has 0 amide bonds. The summed E-state index contributed by atoms with van der Waals surface area (Å²) < 4.78 is 34.0. The molecule has 0 radical (unpaired) electrons.